The van der Waals surface area contributed by atoms with Crippen molar-refractivity contribution >= 4 is 11.9 Å². The third-order valence-electron chi connectivity index (χ3n) is 4.29. The van der Waals surface area contributed by atoms with Gasteiger partial charge in [-0.15, -0.1) is 0 Å². The average Bonchev–Trinajstić information content (AvgIpc) is 3.12. The number of hydrogen-bond acceptors (Lipinski definition) is 4. The minimum atomic E-state index is -4.46. The van der Waals surface area contributed by atoms with Crippen molar-refractivity contribution in [3.63, 3.8) is 0 Å². The topological polar surface area (TPSA) is 55.8 Å². The molecule has 0 spiro atoms. The SMILES string of the molecule is COC(=O)C(C)CN(CC1CCCO1)C(=O)c1ccc(C(F)(F)F)cc1. The van der Waals surface area contributed by atoms with Crippen LogP contribution in [-0.4, -0.2) is 49.7 Å². The summed E-state index contributed by atoms with van der Waals surface area (Å²) in [5, 5.41) is 0. The molecule has 2 rings (SSSR count). The highest BCUT2D eigenvalue weighted by atomic mass is 19.4. The summed E-state index contributed by atoms with van der Waals surface area (Å²) in [7, 11) is 1.26. The number of carbonyl (C=O) groups is 2. The molecule has 1 aromatic carbocycles. The Hall–Kier alpha value is -2.09. The first-order chi connectivity index (χ1) is 12.2. The van der Waals surface area contributed by atoms with Crippen molar-refractivity contribution in [3.05, 3.63) is 35.4 Å². The zero-order chi connectivity index (χ0) is 19.3. The van der Waals surface area contributed by atoms with E-state index in [-0.39, 0.29) is 24.8 Å². The average molecular weight is 373 g/mol. The van der Waals surface area contributed by atoms with Crippen LogP contribution in [0.1, 0.15) is 35.7 Å². The van der Waals surface area contributed by atoms with Crippen molar-refractivity contribution in [1.82, 2.24) is 4.90 Å². The van der Waals surface area contributed by atoms with E-state index in [2.05, 4.69) is 4.74 Å². The second kappa shape index (κ2) is 8.53. The standard InChI is InChI=1S/C18H22F3NO4/c1-12(17(24)25-2)10-22(11-15-4-3-9-26-15)16(23)13-5-7-14(8-6-13)18(19,20)21/h5-8,12,15H,3-4,9-11H2,1-2H3. The maximum atomic E-state index is 12.8. The highest BCUT2D eigenvalue weighted by Gasteiger charge is 2.31. The molecule has 1 fully saturated rings. The highest BCUT2D eigenvalue weighted by molar-refractivity contribution is 5.94. The second-order valence-corrected chi connectivity index (χ2v) is 6.34. The predicted octanol–water partition coefficient (Wildman–Crippen LogP) is 3.14. The molecule has 1 saturated heterocycles. The summed E-state index contributed by atoms with van der Waals surface area (Å²) in [6, 6.07) is 4.05. The highest BCUT2D eigenvalue weighted by Crippen LogP contribution is 2.29. The monoisotopic (exact) mass is 373 g/mol. The summed E-state index contributed by atoms with van der Waals surface area (Å²) in [6.07, 6.45) is -2.92. The molecule has 1 aromatic rings. The van der Waals surface area contributed by atoms with Gasteiger partial charge in [0.25, 0.3) is 5.91 Å². The first-order valence-electron chi connectivity index (χ1n) is 8.38. The van der Waals surface area contributed by atoms with Crippen LogP contribution >= 0.6 is 0 Å². The summed E-state index contributed by atoms with van der Waals surface area (Å²) >= 11 is 0. The van der Waals surface area contributed by atoms with Crippen LogP contribution in [0.2, 0.25) is 0 Å². The second-order valence-electron chi connectivity index (χ2n) is 6.34. The molecule has 26 heavy (non-hydrogen) atoms. The zero-order valence-corrected chi connectivity index (χ0v) is 14.7. The van der Waals surface area contributed by atoms with Crippen LogP contribution in [0.4, 0.5) is 13.2 Å². The molecule has 1 amide bonds. The van der Waals surface area contributed by atoms with Gasteiger partial charge in [-0.3, -0.25) is 9.59 Å². The maximum Gasteiger partial charge on any atom is 0.416 e. The van der Waals surface area contributed by atoms with E-state index >= 15 is 0 Å². The maximum absolute atomic E-state index is 12.8. The third-order valence-corrected chi connectivity index (χ3v) is 4.29. The van der Waals surface area contributed by atoms with Gasteiger partial charge in [-0.1, -0.05) is 6.92 Å². The van der Waals surface area contributed by atoms with Crippen LogP contribution in [0.5, 0.6) is 0 Å². The van der Waals surface area contributed by atoms with Crippen LogP contribution in [0.3, 0.4) is 0 Å². The number of ether oxygens (including phenoxy) is 2. The molecule has 144 valence electrons. The number of carbonyl (C=O) groups excluding carboxylic acids is 2. The molecule has 2 atom stereocenters. The van der Waals surface area contributed by atoms with Crippen molar-refractivity contribution < 1.29 is 32.2 Å². The van der Waals surface area contributed by atoms with Gasteiger partial charge in [0.15, 0.2) is 0 Å². The molecular formula is C18H22F3NO4. The number of benzene rings is 1. The number of halogens is 3. The number of alkyl halides is 3. The van der Waals surface area contributed by atoms with Crippen LogP contribution < -0.4 is 0 Å². The van der Waals surface area contributed by atoms with Gasteiger partial charge in [0.05, 0.1) is 24.7 Å². The molecule has 2 unspecified atom stereocenters. The molecule has 0 radical (unpaired) electrons. The van der Waals surface area contributed by atoms with Gasteiger partial charge in [-0.25, -0.2) is 0 Å². The lowest BCUT2D eigenvalue weighted by molar-refractivity contribution is -0.145. The molecule has 1 aliphatic rings. The van der Waals surface area contributed by atoms with Gasteiger partial charge < -0.3 is 14.4 Å². The lowest BCUT2D eigenvalue weighted by Gasteiger charge is -2.27. The largest absolute Gasteiger partial charge is 0.469 e. The van der Waals surface area contributed by atoms with E-state index in [0.717, 1.165) is 37.1 Å². The quantitative estimate of drug-likeness (QED) is 0.719. The van der Waals surface area contributed by atoms with E-state index in [9.17, 15) is 22.8 Å². The lowest BCUT2D eigenvalue weighted by atomic mass is 10.1. The molecule has 0 saturated carbocycles. The molecule has 8 heteroatoms. The normalized spacial score (nSPS) is 18.4. The van der Waals surface area contributed by atoms with E-state index in [0.29, 0.717) is 6.61 Å². The van der Waals surface area contributed by atoms with Crippen LogP contribution in [0.25, 0.3) is 0 Å². The van der Waals surface area contributed by atoms with Crippen molar-refractivity contribution in [2.24, 2.45) is 5.92 Å². The van der Waals surface area contributed by atoms with E-state index in [1.54, 1.807) is 6.92 Å². The summed E-state index contributed by atoms with van der Waals surface area (Å²) in [5.74, 6) is -1.45. The fourth-order valence-electron chi connectivity index (χ4n) is 2.87. The van der Waals surface area contributed by atoms with Crippen LogP contribution in [0, 0.1) is 5.92 Å². The number of esters is 1. The molecule has 0 aliphatic carbocycles. The summed E-state index contributed by atoms with van der Waals surface area (Å²) < 4.78 is 48.3. The number of amides is 1. The minimum absolute atomic E-state index is 0.104. The Bertz CT molecular complexity index is 624. The molecule has 0 aromatic heterocycles. The smallest absolute Gasteiger partial charge is 0.416 e. The molecule has 5 nitrogen and oxygen atoms in total. The predicted molar refractivity (Wildman–Crippen MR) is 87.5 cm³/mol. The summed E-state index contributed by atoms with van der Waals surface area (Å²) in [6.45, 7) is 2.63. The Morgan fingerprint density at radius 2 is 1.96 bits per heavy atom. The Morgan fingerprint density at radius 1 is 1.31 bits per heavy atom. The Morgan fingerprint density at radius 3 is 2.46 bits per heavy atom. The number of methoxy groups -OCH3 is 1. The minimum Gasteiger partial charge on any atom is -0.469 e. The van der Waals surface area contributed by atoms with Crippen molar-refractivity contribution in [2.45, 2.75) is 32.0 Å². The van der Waals surface area contributed by atoms with Crippen molar-refractivity contribution in [3.8, 4) is 0 Å². The number of nitrogens with zero attached hydrogens (tertiary/aromatic N) is 1. The van der Waals surface area contributed by atoms with Gasteiger partial charge in [-0.2, -0.15) is 13.2 Å². The number of rotatable bonds is 6. The summed E-state index contributed by atoms with van der Waals surface area (Å²) in [5.41, 5.74) is -0.685. The first-order valence-corrected chi connectivity index (χ1v) is 8.38. The van der Waals surface area contributed by atoms with E-state index < -0.39 is 29.5 Å². The summed E-state index contributed by atoms with van der Waals surface area (Å²) in [4.78, 5) is 25.9. The van der Waals surface area contributed by atoms with Gasteiger partial charge >= 0.3 is 12.1 Å². The molecule has 1 aliphatic heterocycles. The lowest BCUT2D eigenvalue weighted by Crippen LogP contribution is -2.41. The fraction of sp³-hybridized carbons (Fsp3) is 0.556. The van der Waals surface area contributed by atoms with Crippen LogP contribution in [0.15, 0.2) is 24.3 Å². The van der Waals surface area contributed by atoms with Gasteiger partial charge in [-0.05, 0) is 37.1 Å². The van der Waals surface area contributed by atoms with Gasteiger partial charge in [0.1, 0.15) is 0 Å². The van der Waals surface area contributed by atoms with E-state index in [4.69, 9.17) is 4.74 Å². The van der Waals surface area contributed by atoms with Crippen molar-refractivity contribution in [1.29, 1.82) is 0 Å². The molecule has 0 N–H and O–H groups in total. The Labute approximate surface area is 150 Å². The van der Waals surface area contributed by atoms with Crippen LogP contribution in [-0.2, 0) is 20.4 Å². The Kier molecular flexibility index (Phi) is 6.63. The Balaban J connectivity index is 2.16. The molecule has 0 bridgehead atoms. The molecular weight excluding hydrogens is 351 g/mol. The first kappa shape index (κ1) is 20.2. The van der Waals surface area contributed by atoms with E-state index in [1.807, 2.05) is 0 Å². The number of hydrogen-bond donors (Lipinski definition) is 0. The van der Waals surface area contributed by atoms with E-state index in [1.165, 1.54) is 12.0 Å². The zero-order valence-electron chi connectivity index (χ0n) is 14.7. The molecule has 1 heterocycles. The van der Waals surface area contributed by atoms with Crippen molar-refractivity contribution in [2.75, 3.05) is 26.8 Å². The van der Waals surface area contributed by atoms with Gasteiger partial charge in [0, 0.05) is 25.3 Å². The third kappa shape index (κ3) is 5.20. The van der Waals surface area contributed by atoms with Gasteiger partial charge in [0.2, 0.25) is 0 Å². The fourth-order valence-corrected chi connectivity index (χ4v) is 2.87.